The van der Waals surface area contributed by atoms with Gasteiger partial charge in [0.25, 0.3) is 0 Å². The Balaban J connectivity index is 2.80. The molecule has 1 N–H and O–H groups in total. The number of hydrogen-bond donors (Lipinski definition) is 1. The van der Waals surface area contributed by atoms with Gasteiger partial charge in [-0.1, -0.05) is 6.92 Å². The summed E-state index contributed by atoms with van der Waals surface area (Å²) in [5.74, 6) is 0. The molecule has 1 atom stereocenters. The first-order chi connectivity index (χ1) is 5.66. The molecule has 0 saturated heterocycles. The maximum atomic E-state index is 4.20. The molecule has 0 aliphatic rings. The summed E-state index contributed by atoms with van der Waals surface area (Å²) >= 11 is 0. The van der Waals surface area contributed by atoms with E-state index in [-0.39, 0.29) is 0 Å². The molecule has 0 aromatic carbocycles. The van der Waals surface area contributed by atoms with Crippen LogP contribution in [-0.2, 0) is 7.05 Å². The van der Waals surface area contributed by atoms with Gasteiger partial charge in [-0.2, -0.15) is 5.10 Å². The first-order valence-corrected chi connectivity index (χ1v) is 4.38. The van der Waals surface area contributed by atoms with E-state index in [1.54, 1.807) is 0 Å². The lowest BCUT2D eigenvalue weighted by Gasteiger charge is -2.11. The topological polar surface area (TPSA) is 29.9 Å². The van der Waals surface area contributed by atoms with Gasteiger partial charge in [0.05, 0.1) is 6.20 Å². The fraction of sp³-hybridized carbons (Fsp3) is 0.667. The molecule has 0 spiro atoms. The highest BCUT2D eigenvalue weighted by Gasteiger charge is 2.09. The fourth-order valence-electron chi connectivity index (χ4n) is 1.36. The van der Waals surface area contributed by atoms with Crippen LogP contribution in [0.2, 0.25) is 0 Å². The van der Waals surface area contributed by atoms with Crippen molar-refractivity contribution in [1.82, 2.24) is 15.1 Å². The van der Waals surface area contributed by atoms with Crippen LogP contribution < -0.4 is 5.32 Å². The van der Waals surface area contributed by atoms with Crippen molar-refractivity contribution in [2.24, 2.45) is 7.05 Å². The molecule has 12 heavy (non-hydrogen) atoms. The molecule has 1 aromatic heterocycles. The van der Waals surface area contributed by atoms with Crippen molar-refractivity contribution in [3.05, 3.63) is 17.5 Å². The summed E-state index contributed by atoms with van der Waals surface area (Å²) in [7, 11) is 1.97. The van der Waals surface area contributed by atoms with Crippen LogP contribution in [-0.4, -0.2) is 16.3 Å². The van der Waals surface area contributed by atoms with Crippen LogP contribution >= 0.6 is 0 Å². The van der Waals surface area contributed by atoms with Crippen molar-refractivity contribution in [2.45, 2.75) is 26.8 Å². The molecule has 3 nitrogen and oxygen atoms in total. The summed E-state index contributed by atoms with van der Waals surface area (Å²) in [6.07, 6.45) is 1.93. The Morgan fingerprint density at radius 3 is 2.75 bits per heavy atom. The number of rotatable bonds is 3. The van der Waals surface area contributed by atoms with E-state index in [4.69, 9.17) is 0 Å². The van der Waals surface area contributed by atoms with E-state index in [1.807, 2.05) is 17.9 Å². The lowest BCUT2D eigenvalue weighted by Crippen LogP contribution is -2.18. The molecular formula is C9H17N3. The largest absolute Gasteiger partial charge is 0.310 e. The van der Waals surface area contributed by atoms with Crippen LogP contribution in [0.1, 0.15) is 31.1 Å². The van der Waals surface area contributed by atoms with Crippen LogP contribution in [0.4, 0.5) is 0 Å². The van der Waals surface area contributed by atoms with E-state index >= 15 is 0 Å². The zero-order valence-corrected chi connectivity index (χ0v) is 8.26. The van der Waals surface area contributed by atoms with Crippen molar-refractivity contribution >= 4 is 0 Å². The molecule has 0 bridgehead atoms. The Kier molecular flexibility index (Phi) is 2.87. The molecule has 0 amide bonds. The van der Waals surface area contributed by atoms with Crippen molar-refractivity contribution < 1.29 is 0 Å². The zero-order chi connectivity index (χ0) is 9.14. The molecule has 3 heteroatoms. The average molecular weight is 167 g/mol. The van der Waals surface area contributed by atoms with Crippen molar-refractivity contribution in [1.29, 1.82) is 0 Å². The molecular weight excluding hydrogens is 150 g/mol. The summed E-state index contributed by atoms with van der Waals surface area (Å²) in [4.78, 5) is 0. The first kappa shape index (κ1) is 9.26. The summed E-state index contributed by atoms with van der Waals surface area (Å²) in [6, 6.07) is 0.406. The quantitative estimate of drug-likeness (QED) is 0.737. The zero-order valence-electron chi connectivity index (χ0n) is 8.26. The van der Waals surface area contributed by atoms with Crippen LogP contribution in [0, 0.1) is 6.92 Å². The second kappa shape index (κ2) is 3.72. The van der Waals surface area contributed by atoms with Gasteiger partial charge in [-0.3, -0.25) is 4.68 Å². The minimum absolute atomic E-state index is 0.406. The van der Waals surface area contributed by atoms with E-state index < -0.39 is 0 Å². The number of nitrogens with zero attached hydrogens (tertiary/aromatic N) is 2. The Hall–Kier alpha value is -0.830. The van der Waals surface area contributed by atoms with Crippen LogP contribution in [0.25, 0.3) is 0 Å². The summed E-state index contributed by atoms with van der Waals surface area (Å²) < 4.78 is 1.91. The maximum Gasteiger partial charge on any atom is 0.0540 e. The Morgan fingerprint density at radius 1 is 1.67 bits per heavy atom. The molecule has 0 fully saturated rings. The van der Waals surface area contributed by atoms with E-state index in [1.165, 1.54) is 11.3 Å². The molecule has 0 saturated carbocycles. The summed E-state index contributed by atoms with van der Waals surface area (Å²) in [5, 5.41) is 7.56. The second-order valence-corrected chi connectivity index (χ2v) is 3.09. The van der Waals surface area contributed by atoms with Gasteiger partial charge in [-0.15, -0.1) is 0 Å². The number of nitrogens with one attached hydrogen (secondary N) is 1. The lowest BCUT2D eigenvalue weighted by molar-refractivity contribution is 0.593. The van der Waals surface area contributed by atoms with Gasteiger partial charge in [0.2, 0.25) is 0 Å². The third-order valence-corrected chi connectivity index (χ3v) is 2.25. The van der Waals surface area contributed by atoms with Gasteiger partial charge < -0.3 is 5.32 Å². The Morgan fingerprint density at radius 2 is 2.33 bits per heavy atom. The Labute approximate surface area is 73.8 Å². The predicted molar refractivity (Wildman–Crippen MR) is 50.0 cm³/mol. The van der Waals surface area contributed by atoms with Crippen molar-refractivity contribution in [2.75, 3.05) is 6.54 Å². The summed E-state index contributed by atoms with van der Waals surface area (Å²) in [6.45, 7) is 7.36. The van der Waals surface area contributed by atoms with Crippen molar-refractivity contribution in [3.8, 4) is 0 Å². The molecule has 68 valence electrons. The van der Waals surface area contributed by atoms with Crippen LogP contribution in [0.5, 0.6) is 0 Å². The van der Waals surface area contributed by atoms with Gasteiger partial charge in [0.1, 0.15) is 0 Å². The van der Waals surface area contributed by atoms with Gasteiger partial charge in [0.15, 0.2) is 0 Å². The fourth-order valence-corrected chi connectivity index (χ4v) is 1.36. The molecule has 0 aliphatic carbocycles. The SMILES string of the molecule is CCNC(C)c1cnn(C)c1C. The number of aromatic nitrogens is 2. The van der Waals surface area contributed by atoms with Crippen LogP contribution in [0.3, 0.4) is 0 Å². The highest BCUT2D eigenvalue weighted by atomic mass is 15.3. The minimum atomic E-state index is 0.406. The first-order valence-electron chi connectivity index (χ1n) is 4.38. The molecule has 0 aliphatic heterocycles. The third-order valence-electron chi connectivity index (χ3n) is 2.25. The minimum Gasteiger partial charge on any atom is -0.310 e. The van der Waals surface area contributed by atoms with Gasteiger partial charge in [-0.25, -0.2) is 0 Å². The van der Waals surface area contributed by atoms with Gasteiger partial charge >= 0.3 is 0 Å². The van der Waals surface area contributed by atoms with Gasteiger partial charge in [-0.05, 0) is 20.4 Å². The maximum absolute atomic E-state index is 4.20. The molecule has 1 aromatic rings. The number of aryl methyl sites for hydroxylation is 1. The highest BCUT2D eigenvalue weighted by Crippen LogP contribution is 2.15. The highest BCUT2D eigenvalue weighted by molar-refractivity contribution is 5.19. The smallest absolute Gasteiger partial charge is 0.0540 e. The second-order valence-electron chi connectivity index (χ2n) is 3.09. The molecule has 0 radical (unpaired) electrons. The van der Waals surface area contributed by atoms with E-state index in [2.05, 4.69) is 31.2 Å². The standard InChI is InChI=1S/C9H17N3/c1-5-10-7(2)9-6-11-12(4)8(9)3/h6-7,10H,5H2,1-4H3. The summed E-state index contributed by atoms with van der Waals surface area (Å²) in [5.41, 5.74) is 2.53. The monoisotopic (exact) mass is 167 g/mol. The van der Waals surface area contributed by atoms with Crippen molar-refractivity contribution in [3.63, 3.8) is 0 Å². The lowest BCUT2D eigenvalue weighted by atomic mass is 10.1. The average Bonchev–Trinajstić information content (AvgIpc) is 2.34. The Bertz CT molecular complexity index is 252. The predicted octanol–water partition coefficient (Wildman–Crippen LogP) is 1.40. The van der Waals surface area contributed by atoms with E-state index in [9.17, 15) is 0 Å². The normalized spacial score (nSPS) is 13.3. The molecule has 1 unspecified atom stereocenters. The molecule has 1 rings (SSSR count). The van der Waals surface area contributed by atoms with Gasteiger partial charge in [0, 0.05) is 24.3 Å². The third kappa shape index (κ3) is 1.67. The van der Waals surface area contributed by atoms with Crippen LogP contribution in [0.15, 0.2) is 6.20 Å². The van der Waals surface area contributed by atoms with E-state index in [0.717, 1.165) is 6.54 Å². The molecule has 1 heterocycles. The van der Waals surface area contributed by atoms with E-state index in [0.29, 0.717) is 6.04 Å². The number of hydrogen-bond acceptors (Lipinski definition) is 2.